The minimum absolute atomic E-state index is 0.307. The van der Waals surface area contributed by atoms with Gasteiger partial charge in [-0.2, -0.15) is 0 Å². The van der Waals surface area contributed by atoms with Crippen LogP contribution in [0.2, 0.25) is 0 Å². The number of carbonyl (C=O) groups excluding carboxylic acids is 1. The normalized spacial score (nSPS) is 9.64. The van der Waals surface area contributed by atoms with Gasteiger partial charge in [-0.05, 0) is 12.1 Å². The van der Waals surface area contributed by atoms with Crippen LogP contribution in [0.25, 0.3) is 0 Å². The van der Waals surface area contributed by atoms with Crippen molar-refractivity contribution in [3.8, 4) is 5.75 Å². The van der Waals surface area contributed by atoms with Crippen molar-refractivity contribution < 1.29 is 14.3 Å². The molecule has 0 radical (unpaired) electrons. The predicted octanol–water partition coefficient (Wildman–Crippen LogP) is 1.83. The fraction of sp³-hybridized carbons (Fsp3) is 0.222. The first-order valence-corrected chi connectivity index (χ1v) is 4.60. The zero-order valence-electron chi connectivity index (χ0n) is 7.83. The predicted molar refractivity (Wildman–Crippen MR) is 56.4 cm³/mol. The lowest BCUT2D eigenvalue weighted by atomic mass is 10.2. The minimum atomic E-state index is -0.477. The van der Waals surface area contributed by atoms with Gasteiger partial charge < -0.3 is 15.2 Å². The number of benzene rings is 1. The second-order valence-corrected chi connectivity index (χ2v) is 3.48. The Hall–Kier alpha value is -1.23. The Kier molecular flexibility index (Phi) is 3.35. The third-order valence-corrected chi connectivity index (χ3v) is 2.15. The lowest BCUT2D eigenvalue weighted by Gasteiger charge is -2.09. The standard InChI is InChI=1S/C9H10BrNO3/c1-13-8-6(9(12)14-2)3-5(10)4-7(8)11/h3-4H,11H2,1-2H3. The maximum Gasteiger partial charge on any atom is 0.341 e. The lowest BCUT2D eigenvalue weighted by molar-refractivity contribution is 0.0597. The second-order valence-electron chi connectivity index (χ2n) is 2.57. The summed E-state index contributed by atoms with van der Waals surface area (Å²) < 4.78 is 10.3. The average Bonchev–Trinajstić information content (AvgIpc) is 2.15. The van der Waals surface area contributed by atoms with E-state index < -0.39 is 5.97 Å². The Balaban J connectivity index is 3.32. The van der Waals surface area contributed by atoms with Crippen LogP contribution >= 0.6 is 15.9 Å². The Morgan fingerprint density at radius 3 is 2.57 bits per heavy atom. The first kappa shape index (κ1) is 10.8. The Labute approximate surface area is 90.1 Å². The Bertz CT molecular complexity index is 365. The first-order chi connectivity index (χ1) is 6.60. The molecule has 1 aromatic rings. The van der Waals surface area contributed by atoms with Crippen molar-refractivity contribution >= 4 is 27.6 Å². The van der Waals surface area contributed by atoms with Crippen molar-refractivity contribution in [3.05, 3.63) is 22.2 Å². The van der Waals surface area contributed by atoms with Gasteiger partial charge in [0, 0.05) is 4.47 Å². The van der Waals surface area contributed by atoms with Crippen LogP contribution < -0.4 is 10.5 Å². The fourth-order valence-corrected chi connectivity index (χ4v) is 1.58. The van der Waals surface area contributed by atoms with Crippen LogP contribution in [0.1, 0.15) is 10.4 Å². The third kappa shape index (κ3) is 1.98. The van der Waals surface area contributed by atoms with E-state index in [0.717, 1.165) is 0 Å². The zero-order valence-corrected chi connectivity index (χ0v) is 9.42. The molecule has 0 unspecified atom stereocenters. The number of anilines is 1. The molecular weight excluding hydrogens is 250 g/mol. The molecule has 0 aliphatic rings. The van der Waals surface area contributed by atoms with Crippen LogP contribution in [0.5, 0.6) is 5.75 Å². The van der Waals surface area contributed by atoms with Gasteiger partial charge in [0.15, 0.2) is 5.75 Å². The number of halogens is 1. The van der Waals surface area contributed by atoms with E-state index in [1.807, 2.05) is 0 Å². The first-order valence-electron chi connectivity index (χ1n) is 3.81. The molecule has 0 atom stereocenters. The van der Waals surface area contributed by atoms with Crippen LogP contribution in [0.3, 0.4) is 0 Å². The Morgan fingerprint density at radius 2 is 2.07 bits per heavy atom. The number of esters is 1. The largest absolute Gasteiger partial charge is 0.494 e. The molecule has 4 nitrogen and oxygen atoms in total. The second kappa shape index (κ2) is 4.32. The van der Waals surface area contributed by atoms with Crippen molar-refractivity contribution in [1.29, 1.82) is 0 Å². The monoisotopic (exact) mass is 259 g/mol. The summed E-state index contributed by atoms with van der Waals surface area (Å²) in [5.41, 5.74) is 6.36. The zero-order chi connectivity index (χ0) is 10.7. The fourth-order valence-electron chi connectivity index (χ4n) is 1.10. The highest BCUT2D eigenvalue weighted by atomic mass is 79.9. The Morgan fingerprint density at radius 1 is 1.43 bits per heavy atom. The maximum atomic E-state index is 11.3. The van der Waals surface area contributed by atoms with Crippen LogP contribution in [-0.4, -0.2) is 20.2 Å². The topological polar surface area (TPSA) is 61.5 Å². The number of nitrogen functional groups attached to an aromatic ring is 1. The molecule has 1 rings (SSSR count). The van der Waals surface area contributed by atoms with Gasteiger partial charge in [0.1, 0.15) is 5.56 Å². The molecular formula is C9H10BrNO3. The van der Waals surface area contributed by atoms with Gasteiger partial charge in [-0.15, -0.1) is 0 Å². The van der Waals surface area contributed by atoms with Crippen LogP contribution in [-0.2, 0) is 4.74 Å². The summed E-state index contributed by atoms with van der Waals surface area (Å²) in [4.78, 5) is 11.3. The number of nitrogens with two attached hydrogens (primary N) is 1. The number of methoxy groups -OCH3 is 2. The third-order valence-electron chi connectivity index (χ3n) is 1.69. The van der Waals surface area contributed by atoms with E-state index in [2.05, 4.69) is 20.7 Å². The van der Waals surface area contributed by atoms with E-state index in [1.54, 1.807) is 12.1 Å². The number of rotatable bonds is 2. The summed E-state index contributed by atoms with van der Waals surface area (Å²) in [5.74, 6) is -0.144. The van der Waals surface area contributed by atoms with Gasteiger partial charge in [-0.25, -0.2) is 4.79 Å². The number of hydrogen-bond acceptors (Lipinski definition) is 4. The van der Waals surface area contributed by atoms with Crippen LogP contribution in [0, 0.1) is 0 Å². The summed E-state index contributed by atoms with van der Waals surface area (Å²) in [6, 6.07) is 3.26. The number of hydrogen-bond donors (Lipinski definition) is 1. The molecule has 5 heteroatoms. The van der Waals surface area contributed by atoms with Gasteiger partial charge in [-0.1, -0.05) is 15.9 Å². The van der Waals surface area contributed by atoms with Gasteiger partial charge in [0.05, 0.1) is 19.9 Å². The van der Waals surface area contributed by atoms with E-state index in [4.69, 9.17) is 10.5 Å². The van der Waals surface area contributed by atoms with Crippen molar-refractivity contribution in [2.24, 2.45) is 0 Å². The summed E-state index contributed by atoms with van der Waals surface area (Å²) >= 11 is 3.23. The summed E-state index contributed by atoms with van der Waals surface area (Å²) in [6.45, 7) is 0. The molecule has 0 aliphatic heterocycles. The quantitative estimate of drug-likeness (QED) is 0.650. The highest BCUT2D eigenvalue weighted by molar-refractivity contribution is 9.10. The highest BCUT2D eigenvalue weighted by Gasteiger charge is 2.16. The molecule has 0 amide bonds. The summed E-state index contributed by atoms with van der Waals surface area (Å²) in [6.07, 6.45) is 0. The van der Waals surface area contributed by atoms with Gasteiger partial charge >= 0.3 is 5.97 Å². The molecule has 0 saturated heterocycles. The van der Waals surface area contributed by atoms with Crippen molar-refractivity contribution in [2.45, 2.75) is 0 Å². The van der Waals surface area contributed by atoms with Crippen LogP contribution in [0.4, 0.5) is 5.69 Å². The van der Waals surface area contributed by atoms with Gasteiger partial charge in [0.2, 0.25) is 0 Å². The molecule has 0 aromatic heterocycles. The SMILES string of the molecule is COC(=O)c1cc(Br)cc(N)c1OC. The van der Waals surface area contributed by atoms with Crippen molar-refractivity contribution in [2.75, 3.05) is 20.0 Å². The molecule has 1 aromatic carbocycles. The van der Waals surface area contributed by atoms with E-state index in [-0.39, 0.29) is 0 Å². The van der Waals surface area contributed by atoms with Crippen LogP contribution in [0.15, 0.2) is 16.6 Å². The molecule has 0 heterocycles. The van der Waals surface area contributed by atoms with E-state index >= 15 is 0 Å². The lowest BCUT2D eigenvalue weighted by Crippen LogP contribution is -2.06. The molecule has 14 heavy (non-hydrogen) atoms. The maximum absolute atomic E-state index is 11.3. The molecule has 2 N–H and O–H groups in total. The average molecular weight is 260 g/mol. The van der Waals surface area contributed by atoms with E-state index in [1.165, 1.54) is 14.2 Å². The smallest absolute Gasteiger partial charge is 0.341 e. The molecule has 0 spiro atoms. The molecule has 0 bridgehead atoms. The van der Waals surface area contributed by atoms with E-state index in [9.17, 15) is 4.79 Å². The van der Waals surface area contributed by atoms with Crippen molar-refractivity contribution in [1.82, 2.24) is 0 Å². The van der Waals surface area contributed by atoms with Gasteiger partial charge in [-0.3, -0.25) is 0 Å². The van der Waals surface area contributed by atoms with Gasteiger partial charge in [0.25, 0.3) is 0 Å². The van der Waals surface area contributed by atoms with Crippen molar-refractivity contribution in [3.63, 3.8) is 0 Å². The molecule has 76 valence electrons. The minimum Gasteiger partial charge on any atom is -0.494 e. The number of ether oxygens (including phenoxy) is 2. The van der Waals surface area contributed by atoms with E-state index in [0.29, 0.717) is 21.5 Å². The molecule has 0 saturated carbocycles. The molecule has 0 aliphatic carbocycles. The highest BCUT2D eigenvalue weighted by Crippen LogP contribution is 2.30. The number of carbonyl (C=O) groups is 1. The molecule has 0 fully saturated rings. The summed E-state index contributed by atoms with van der Waals surface area (Å²) in [7, 11) is 2.75. The summed E-state index contributed by atoms with van der Waals surface area (Å²) in [5, 5.41) is 0.